The normalized spacial score (nSPS) is 17.9. The van der Waals surface area contributed by atoms with Gasteiger partial charge in [-0.2, -0.15) is 0 Å². The lowest BCUT2D eigenvalue weighted by Crippen LogP contribution is -2.30. The molecule has 2 heterocycles. The quantitative estimate of drug-likeness (QED) is 0.719. The number of hydrogen-bond donors (Lipinski definition) is 0. The van der Waals surface area contributed by atoms with Crippen LogP contribution < -0.4 is 4.74 Å². The molecule has 1 aromatic heterocycles. The summed E-state index contributed by atoms with van der Waals surface area (Å²) in [6, 6.07) is 17.2. The third-order valence-corrected chi connectivity index (χ3v) is 4.69. The minimum Gasteiger partial charge on any atom is -0.497 e. The van der Waals surface area contributed by atoms with Crippen LogP contribution in [0.15, 0.2) is 54.7 Å². The lowest BCUT2D eigenvalue weighted by Gasteiger charge is -2.33. The summed E-state index contributed by atoms with van der Waals surface area (Å²) in [6.45, 7) is 2.00. The van der Waals surface area contributed by atoms with E-state index in [9.17, 15) is 0 Å². The van der Waals surface area contributed by atoms with Crippen molar-refractivity contribution in [2.24, 2.45) is 0 Å². The second-order valence-corrected chi connectivity index (χ2v) is 6.27. The third kappa shape index (κ3) is 2.57. The summed E-state index contributed by atoms with van der Waals surface area (Å²) >= 11 is 0. The summed E-state index contributed by atoms with van der Waals surface area (Å²) in [6.07, 6.45) is 1.85. The number of pyridine rings is 1. The Kier molecular flexibility index (Phi) is 3.50. The van der Waals surface area contributed by atoms with Crippen LogP contribution in [0.1, 0.15) is 22.6 Å². The van der Waals surface area contributed by atoms with Gasteiger partial charge in [-0.1, -0.05) is 18.2 Å². The molecule has 3 nitrogen and oxygen atoms in total. The monoisotopic (exact) mass is 304 g/mol. The van der Waals surface area contributed by atoms with Gasteiger partial charge in [0, 0.05) is 30.6 Å². The highest BCUT2D eigenvalue weighted by Crippen LogP contribution is 2.35. The molecule has 0 amide bonds. The van der Waals surface area contributed by atoms with Crippen molar-refractivity contribution in [2.45, 2.75) is 12.5 Å². The van der Waals surface area contributed by atoms with E-state index in [-0.39, 0.29) is 0 Å². The Hall–Kier alpha value is -2.39. The summed E-state index contributed by atoms with van der Waals surface area (Å²) < 4.78 is 5.39. The van der Waals surface area contributed by atoms with Crippen LogP contribution in [0.2, 0.25) is 0 Å². The fraction of sp³-hybridized carbons (Fsp3) is 0.250. The Morgan fingerprint density at radius 1 is 1.13 bits per heavy atom. The van der Waals surface area contributed by atoms with Gasteiger partial charge in [-0.15, -0.1) is 0 Å². The predicted molar refractivity (Wildman–Crippen MR) is 92.9 cm³/mol. The van der Waals surface area contributed by atoms with Crippen LogP contribution in [0.25, 0.3) is 10.9 Å². The Morgan fingerprint density at radius 3 is 2.91 bits per heavy atom. The topological polar surface area (TPSA) is 25.4 Å². The van der Waals surface area contributed by atoms with Crippen molar-refractivity contribution in [1.82, 2.24) is 9.88 Å². The molecule has 116 valence electrons. The van der Waals surface area contributed by atoms with Gasteiger partial charge in [0.1, 0.15) is 5.75 Å². The average molecular weight is 304 g/mol. The van der Waals surface area contributed by atoms with E-state index < -0.39 is 0 Å². The van der Waals surface area contributed by atoms with Gasteiger partial charge in [-0.05, 0) is 54.1 Å². The molecule has 1 atom stereocenters. The summed E-state index contributed by atoms with van der Waals surface area (Å²) in [7, 11) is 3.90. The predicted octanol–water partition coefficient (Wildman–Crippen LogP) is 3.82. The molecule has 3 aromatic rings. The van der Waals surface area contributed by atoms with Crippen molar-refractivity contribution in [1.29, 1.82) is 0 Å². The Labute approximate surface area is 136 Å². The van der Waals surface area contributed by atoms with Crippen molar-refractivity contribution in [3.63, 3.8) is 0 Å². The Morgan fingerprint density at radius 2 is 2.04 bits per heavy atom. The van der Waals surface area contributed by atoms with Crippen molar-refractivity contribution >= 4 is 10.9 Å². The summed E-state index contributed by atoms with van der Waals surface area (Å²) in [5, 5.41) is 1.20. The van der Waals surface area contributed by atoms with Crippen LogP contribution in [-0.2, 0) is 6.54 Å². The molecule has 0 saturated carbocycles. The Bertz CT molecular complexity index is 859. The SMILES string of the molecule is COc1ccc2c(c1)CN(C)CC2c1ccc2ncccc2c1. The summed E-state index contributed by atoms with van der Waals surface area (Å²) in [5.41, 5.74) is 5.17. The molecule has 0 saturated heterocycles. The van der Waals surface area contributed by atoms with Gasteiger partial charge in [0.15, 0.2) is 0 Å². The first-order valence-corrected chi connectivity index (χ1v) is 7.94. The van der Waals surface area contributed by atoms with E-state index in [0.717, 1.165) is 24.4 Å². The third-order valence-electron chi connectivity index (χ3n) is 4.69. The molecule has 0 N–H and O–H groups in total. The highest BCUT2D eigenvalue weighted by Gasteiger charge is 2.25. The van der Waals surface area contributed by atoms with Crippen molar-refractivity contribution in [3.8, 4) is 5.75 Å². The number of methoxy groups -OCH3 is 1. The average Bonchev–Trinajstić information content (AvgIpc) is 2.60. The van der Waals surface area contributed by atoms with Gasteiger partial charge in [-0.3, -0.25) is 4.98 Å². The molecule has 4 rings (SSSR count). The molecular weight excluding hydrogens is 284 g/mol. The van der Waals surface area contributed by atoms with Gasteiger partial charge >= 0.3 is 0 Å². The Balaban J connectivity index is 1.81. The fourth-order valence-corrected chi connectivity index (χ4v) is 3.55. The molecule has 0 radical (unpaired) electrons. The van der Waals surface area contributed by atoms with Crippen molar-refractivity contribution in [3.05, 3.63) is 71.4 Å². The first-order chi connectivity index (χ1) is 11.2. The van der Waals surface area contributed by atoms with E-state index in [1.54, 1.807) is 7.11 Å². The lowest BCUT2D eigenvalue weighted by atomic mass is 9.84. The van der Waals surface area contributed by atoms with Gasteiger partial charge in [0.25, 0.3) is 0 Å². The number of nitrogens with zero attached hydrogens (tertiary/aromatic N) is 2. The molecule has 1 aliphatic heterocycles. The number of likely N-dealkylation sites (N-methyl/N-ethyl adjacent to an activating group) is 1. The van der Waals surface area contributed by atoms with Crippen LogP contribution in [0.5, 0.6) is 5.75 Å². The summed E-state index contributed by atoms with van der Waals surface area (Å²) in [5.74, 6) is 1.32. The van der Waals surface area contributed by atoms with Crippen LogP contribution >= 0.6 is 0 Å². The number of hydrogen-bond acceptors (Lipinski definition) is 3. The number of fused-ring (bicyclic) bond motifs is 2. The maximum atomic E-state index is 5.39. The van der Waals surface area contributed by atoms with Crippen LogP contribution in [0, 0.1) is 0 Å². The molecule has 1 aliphatic rings. The van der Waals surface area contributed by atoms with Crippen LogP contribution in [0.3, 0.4) is 0 Å². The number of aromatic nitrogens is 1. The zero-order valence-electron chi connectivity index (χ0n) is 13.5. The molecule has 2 aromatic carbocycles. The van der Waals surface area contributed by atoms with Gasteiger partial charge < -0.3 is 9.64 Å². The maximum Gasteiger partial charge on any atom is 0.119 e. The molecule has 0 aliphatic carbocycles. The maximum absolute atomic E-state index is 5.39. The standard InChI is InChI=1S/C20H20N2O/c1-22-12-16-11-17(23-2)6-7-18(16)19(13-22)14-5-8-20-15(10-14)4-3-9-21-20/h3-11,19H,12-13H2,1-2H3. The first kappa shape index (κ1) is 14.2. The minimum atomic E-state index is 0.388. The zero-order chi connectivity index (χ0) is 15.8. The molecule has 1 unspecified atom stereocenters. The first-order valence-electron chi connectivity index (χ1n) is 7.94. The molecule has 0 spiro atoms. The summed E-state index contributed by atoms with van der Waals surface area (Å²) in [4.78, 5) is 6.80. The highest BCUT2D eigenvalue weighted by molar-refractivity contribution is 5.79. The van der Waals surface area contributed by atoms with Crippen molar-refractivity contribution < 1.29 is 4.74 Å². The van der Waals surface area contributed by atoms with E-state index in [2.05, 4.69) is 59.4 Å². The molecular formula is C20H20N2O. The highest BCUT2D eigenvalue weighted by atomic mass is 16.5. The van der Waals surface area contributed by atoms with Gasteiger partial charge in [0.2, 0.25) is 0 Å². The number of rotatable bonds is 2. The van der Waals surface area contributed by atoms with E-state index in [0.29, 0.717) is 5.92 Å². The second kappa shape index (κ2) is 5.67. The smallest absolute Gasteiger partial charge is 0.119 e. The number of ether oxygens (including phenoxy) is 1. The van der Waals surface area contributed by atoms with Crippen LogP contribution in [-0.4, -0.2) is 30.6 Å². The molecule has 3 heteroatoms. The van der Waals surface area contributed by atoms with E-state index in [1.807, 2.05) is 12.3 Å². The second-order valence-electron chi connectivity index (χ2n) is 6.27. The van der Waals surface area contributed by atoms with Crippen molar-refractivity contribution in [2.75, 3.05) is 20.7 Å². The van der Waals surface area contributed by atoms with Gasteiger partial charge in [0.05, 0.1) is 12.6 Å². The minimum absolute atomic E-state index is 0.388. The lowest BCUT2D eigenvalue weighted by molar-refractivity contribution is 0.294. The number of benzene rings is 2. The largest absolute Gasteiger partial charge is 0.497 e. The van der Waals surface area contributed by atoms with E-state index in [4.69, 9.17) is 4.74 Å². The van der Waals surface area contributed by atoms with Crippen LogP contribution in [0.4, 0.5) is 0 Å². The zero-order valence-corrected chi connectivity index (χ0v) is 13.5. The molecule has 23 heavy (non-hydrogen) atoms. The van der Waals surface area contributed by atoms with E-state index in [1.165, 1.54) is 22.1 Å². The molecule has 0 fully saturated rings. The van der Waals surface area contributed by atoms with Gasteiger partial charge in [-0.25, -0.2) is 0 Å². The molecule has 0 bridgehead atoms. The van der Waals surface area contributed by atoms with E-state index >= 15 is 0 Å². The fourth-order valence-electron chi connectivity index (χ4n) is 3.55.